The highest BCUT2D eigenvalue weighted by molar-refractivity contribution is 5.99. The van der Waals surface area contributed by atoms with Crippen molar-refractivity contribution in [2.24, 2.45) is 0 Å². The molecule has 0 saturated carbocycles. The standard InChI is InChI=1S/C28H35N3O4/c1-20-17-23(21(2)31(20)12-11-22-9-10-27(34-3)28(18-22)35-4)26(33)19-29-13-15-30(16-14-29)24-7-5-6-8-25(24)32/h5-10,17-18,32H,11-16,19H2,1-4H3. The zero-order valence-corrected chi connectivity index (χ0v) is 21.1. The minimum atomic E-state index is 0.159. The van der Waals surface area contributed by atoms with E-state index in [9.17, 15) is 9.90 Å². The third-order valence-corrected chi connectivity index (χ3v) is 6.91. The third kappa shape index (κ3) is 5.46. The summed E-state index contributed by atoms with van der Waals surface area (Å²) >= 11 is 0. The smallest absolute Gasteiger partial charge is 0.178 e. The Labute approximate surface area is 207 Å². The van der Waals surface area contributed by atoms with Crippen LogP contribution in [-0.2, 0) is 13.0 Å². The van der Waals surface area contributed by atoms with E-state index >= 15 is 0 Å². The molecular weight excluding hydrogens is 442 g/mol. The molecule has 7 nitrogen and oxygen atoms in total. The first-order valence-corrected chi connectivity index (χ1v) is 12.1. The number of aryl methyl sites for hydroxylation is 2. The molecule has 3 aromatic rings. The van der Waals surface area contributed by atoms with E-state index in [2.05, 4.69) is 27.4 Å². The van der Waals surface area contributed by atoms with Gasteiger partial charge in [0.1, 0.15) is 5.75 Å². The lowest BCUT2D eigenvalue weighted by Gasteiger charge is -2.35. The van der Waals surface area contributed by atoms with Crippen LogP contribution in [0.5, 0.6) is 17.2 Å². The number of anilines is 1. The molecule has 0 atom stereocenters. The molecule has 2 aromatic carbocycles. The Morgan fingerprint density at radius 1 is 0.943 bits per heavy atom. The molecule has 0 bridgehead atoms. The van der Waals surface area contributed by atoms with Gasteiger partial charge in [-0.1, -0.05) is 18.2 Å². The molecule has 1 N–H and O–H groups in total. The first kappa shape index (κ1) is 24.7. The van der Waals surface area contributed by atoms with Gasteiger partial charge in [-0.15, -0.1) is 0 Å². The fourth-order valence-electron chi connectivity index (χ4n) is 4.87. The monoisotopic (exact) mass is 477 g/mol. The minimum Gasteiger partial charge on any atom is -0.506 e. The Kier molecular flexibility index (Phi) is 7.66. The van der Waals surface area contributed by atoms with E-state index in [0.29, 0.717) is 12.3 Å². The van der Waals surface area contributed by atoms with E-state index in [1.807, 2.05) is 43.3 Å². The molecule has 1 aliphatic heterocycles. The predicted octanol–water partition coefficient (Wildman–Crippen LogP) is 4.08. The fourth-order valence-corrected chi connectivity index (χ4v) is 4.87. The predicted molar refractivity (Wildman–Crippen MR) is 138 cm³/mol. The summed E-state index contributed by atoms with van der Waals surface area (Å²) in [7, 11) is 3.28. The van der Waals surface area contributed by atoms with Crippen molar-refractivity contribution in [2.75, 3.05) is 51.8 Å². The first-order valence-electron chi connectivity index (χ1n) is 12.1. The van der Waals surface area contributed by atoms with E-state index in [1.54, 1.807) is 20.3 Å². The highest BCUT2D eigenvalue weighted by Gasteiger charge is 2.23. The Morgan fingerprint density at radius 2 is 1.66 bits per heavy atom. The number of aromatic hydroxyl groups is 1. The van der Waals surface area contributed by atoms with Gasteiger partial charge in [-0.2, -0.15) is 0 Å². The van der Waals surface area contributed by atoms with Crippen molar-refractivity contribution in [3.05, 3.63) is 71.0 Å². The molecule has 186 valence electrons. The summed E-state index contributed by atoms with van der Waals surface area (Å²) < 4.78 is 13.0. The normalized spacial score (nSPS) is 14.2. The average molecular weight is 478 g/mol. The van der Waals surface area contributed by atoms with Crippen molar-refractivity contribution >= 4 is 11.5 Å². The molecule has 2 heterocycles. The van der Waals surface area contributed by atoms with Crippen molar-refractivity contribution in [3.63, 3.8) is 0 Å². The van der Waals surface area contributed by atoms with Gasteiger partial charge in [-0.05, 0) is 56.2 Å². The summed E-state index contributed by atoms with van der Waals surface area (Å²) in [5.41, 5.74) is 4.93. The molecule has 0 amide bonds. The lowest BCUT2D eigenvalue weighted by molar-refractivity contribution is 0.0925. The molecule has 4 rings (SSSR count). The third-order valence-electron chi connectivity index (χ3n) is 6.91. The maximum absolute atomic E-state index is 13.2. The summed E-state index contributed by atoms with van der Waals surface area (Å²) in [6.07, 6.45) is 0.832. The molecule has 0 radical (unpaired) electrons. The van der Waals surface area contributed by atoms with Gasteiger partial charge in [0, 0.05) is 49.7 Å². The summed E-state index contributed by atoms with van der Waals surface area (Å²) in [4.78, 5) is 17.6. The Morgan fingerprint density at radius 3 is 2.34 bits per heavy atom. The summed E-state index contributed by atoms with van der Waals surface area (Å²) in [5.74, 6) is 1.91. The van der Waals surface area contributed by atoms with Gasteiger partial charge < -0.3 is 24.0 Å². The quantitative estimate of drug-likeness (QED) is 0.469. The maximum Gasteiger partial charge on any atom is 0.178 e. The van der Waals surface area contributed by atoms with Crippen LogP contribution in [0.4, 0.5) is 5.69 Å². The van der Waals surface area contributed by atoms with Crippen molar-refractivity contribution in [1.29, 1.82) is 0 Å². The second kappa shape index (κ2) is 10.9. The fraction of sp³-hybridized carbons (Fsp3) is 0.393. The highest BCUT2D eigenvalue weighted by atomic mass is 16.5. The number of rotatable bonds is 9. The maximum atomic E-state index is 13.2. The second-order valence-electron chi connectivity index (χ2n) is 9.05. The minimum absolute atomic E-state index is 0.159. The van der Waals surface area contributed by atoms with Crippen LogP contribution in [-0.4, -0.2) is 67.3 Å². The van der Waals surface area contributed by atoms with E-state index < -0.39 is 0 Å². The van der Waals surface area contributed by atoms with Crippen LogP contribution in [0.15, 0.2) is 48.5 Å². The van der Waals surface area contributed by atoms with Gasteiger partial charge in [-0.25, -0.2) is 0 Å². The Hall–Kier alpha value is -3.45. The number of para-hydroxylation sites is 2. The lowest BCUT2D eigenvalue weighted by atomic mass is 10.1. The number of carbonyl (C=O) groups excluding carboxylic acids is 1. The molecule has 1 aromatic heterocycles. The van der Waals surface area contributed by atoms with Gasteiger partial charge in [-0.3, -0.25) is 9.69 Å². The summed E-state index contributed by atoms with van der Waals surface area (Å²) in [6, 6.07) is 15.4. The number of ketones is 1. The van der Waals surface area contributed by atoms with Crippen LogP contribution in [0.2, 0.25) is 0 Å². The van der Waals surface area contributed by atoms with E-state index in [-0.39, 0.29) is 5.78 Å². The summed E-state index contributed by atoms with van der Waals surface area (Å²) in [5, 5.41) is 10.1. The zero-order valence-electron chi connectivity index (χ0n) is 21.1. The van der Waals surface area contributed by atoms with Crippen molar-refractivity contribution < 1.29 is 19.4 Å². The van der Waals surface area contributed by atoms with Crippen LogP contribution in [0, 0.1) is 13.8 Å². The SMILES string of the molecule is COc1ccc(CCn2c(C)cc(C(=O)CN3CCN(c4ccccc4O)CC3)c2C)cc1OC. The molecule has 0 spiro atoms. The van der Waals surface area contributed by atoms with Crippen molar-refractivity contribution in [2.45, 2.75) is 26.8 Å². The number of phenols is 1. The average Bonchev–Trinajstić information content (AvgIpc) is 3.16. The van der Waals surface area contributed by atoms with E-state index in [0.717, 1.165) is 78.8 Å². The molecular formula is C28H35N3O4. The number of aromatic nitrogens is 1. The van der Waals surface area contributed by atoms with Crippen LogP contribution in [0.3, 0.4) is 0 Å². The molecule has 35 heavy (non-hydrogen) atoms. The number of methoxy groups -OCH3 is 2. The lowest BCUT2D eigenvalue weighted by Crippen LogP contribution is -2.48. The molecule has 0 aliphatic carbocycles. The topological polar surface area (TPSA) is 67.2 Å². The number of hydrogen-bond acceptors (Lipinski definition) is 6. The Bertz CT molecular complexity index is 1180. The first-order chi connectivity index (χ1) is 16.9. The highest BCUT2D eigenvalue weighted by Crippen LogP contribution is 2.29. The van der Waals surface area contributed by atoms with Gasteiger partial charge in [0.15, 0.2) is 17.3 Å². The van der Waals surface area contributed by atoms with E-state index in [4.69, 9.17) is 9.47 Å². The number of piperazine rings is 1. The van der Waals surface area contributed by atoms with Crippen molar-refractivity contribution in [3.8, 4) is 17.2 Å². The van der Waals surface area contributed by atoms with Crippen LogP contribution in [0.1, 0.15) is 27.3 Å². The molecule has 1 saturated heterocycles. The number of nitrogens with zero attached hydrogens (tertiary/aromatic N) is 3. The van der Waals surface area contributed by atoms with Gasteiger partial charge in [0.25, 0.3) is 0 Å². The van der Waals surface area contributed by atoms with Crippen LogP contribution < -0.4 is 14.4 Å². The second-order valence-corrected chi connectivity index (χ2v) is 9.05. The number of benzene rings is 2. The Balaban J connectivity index is 1.36. The van der Waals surface area contributed by atoms with Gasteiger partial charge in [0.2, 0.25) is 0 Å². The van der Waals surface area contributed by atoms with Gasteiger partial charge in [0.05, 0.1) is 26.5 Å². The zero-order chi connectivity index (χ0) is 24.9. The molecule has 7 heteroatoms. The molecule has 0 unspecified atom stereocenters. The molecule has 1 fully saturated rings. The summed E-state index contributed by atoms with van der Waals surface area (Å²) in [6.45, 7) is 8.45. The van der Waals surface area contributed by atoms with Crippen molar-refractivity contribution in [1.82, 2.24) is 9.47 Å². The number of Topliss-reactive ketones (excluding diaryl/α,β-unsaturated/α-hetero) is 1. The van der Waals surface area contributed by atoms with Gasteiger partial charge >= 0.3 is 0 Å². The number of ether oxygens (including phenoxy) is 2. The number of hydrogen-bond donors (Lipinski definition) is 1. The van der Waals surface area contributed by atoms with Crippen LogP contribution >= 0.6 is 0 Å². The number of carbonyl (C=O) groups is 1. The number of phenolic OH excluding ortho intramolecular Hbond substituents is 1. The molecule has 1 aliphatic rings. The largest absolute Gasteiger partial charge is 0.506 e. The van der Waals surface area contributed by atoms with Crippen LogP contribution in [0.25, 0.3) is 0 Å². The van der Waals surface area contributed by atoms with E-state index in [1.165, 1.54) is 0 Å².